The van der Waals surface area contributed by atoms with E-state index in [-0.39, 0.29) is 28.8 Å². The monoisotopic (exact) mass is 328 g/mol. The predicted octanol–water partition coefficient (Wildman–Crippen LogP) is 4.06. The average molecular weight is 328 g/mol. The molecule has 0 amide bonds. The number of alkyl halides is 1. The molecule has 0 bridgehead atoms. The van der Waals surface area contributed by atoms with Crippen molar-refractivity contribution in [3.63, 3.8) is 0 Å². The SMILES string of the molecule is C=C1C[C@H]2[C@@H]3C[C@@H](F)C(=O)[C@@]3(C)CC[C@@H]2[C@]2(C)C1=CC(=O)[C@H]1CC12. The number of rotatable bonds is 0. The fraction of sp³-hybridized carbons (Fsp3) is 0.714. The van der Waals surface area contributed by atoms with Crippen molar-refractivity contribution in [2.24, 2.45) is 40.4 Å². The Morgan fingerprint density at radius 1 is 1.17 bits per heavy atom. The van der Waals surface area contributed by atoms with Crippen LogP contribution in [-0.4, -0.2) is 17.7 Å². The molecule has 3 heteroatoms. The molecular weight excluding hydrogens is 303 g/mol. The Balaban J connectivity index is 1.60. The third-order valence-corrected chi connectivity index (χ3v) is 8.56. The molecule has 4 saturated carbocycles. The van der Waals surface area contributed by atoms with Gasteiger partial charge in [0.25, 0.3) is 0 Å². The van der Waals surface area contributed by atoms with Gasteiger partial charge in [-0.15, -0.1) is 0 Å². The Hall–Kier alpha value is -1.25. The van der Waals surface area contributed by atoms with E-state index in [1.54, 1.807) is 0 Å². The largest absolute Gasteiger partial charge is 0.296 e. The lowest BCUT2D eigenvalue weighted by molar-refractivity contribution is -0.134. The minimum atomic E-state index is -1.28. The molecule has 0 saturated heterocycles. The third kappa shape index (κ3) is 1.53. The van der Waals surface area contributed by atoms with E-state index in [1.165, 1.54) is 5.57 Å². The summed E-state index contributed by atoms with van der Waals surface area (Å²) in [5.74, 6) is 1.73. The third-order valence-electron chi connectivity index (χ3n) is 8.56. The van der Waals surface area contributed by atoms with E-state index in [4.69, 9.17) is 0 Å². The second-order valence-electron chi connectivity index (χ2n) is 9.40. The van der Waals surface area contributed by atoms with Crippen molar-refractivity contribution >= 4 is 11.6 Å². The number of halogens is 1. The molecule has 0 aromatic carbocycles. The molecule has 8 atom stereocenters. The van der Waals surface area contributed by atoms with Crippen molar-refractivity contribution in [1.82, 2.24) is 0 Å². The predicted molar refractivity (Wildman–Crippen MR) is 88.9 cm³/mol. The summed E-state index contributed by atoms with van der Waals surface area (Å²) in [5.41, 5.74) is 1.78. The van der Waals surface area contributed by atoms with Gasteiger partial charge in [-0.05, 0) is 72.8 Å². The molecule has 5 aliphatic rings. The molecule has 0 aromatic heterocycles. The van der Waals surface area contributed by atoms with Crippen LogP contribution in [0.25, 0.3) is 0 Å². The van der Waals surface area contributed by atoms with E-state index in [0.29, 0.717) is 24.2 Å². The molecule has 4 fully saturated rings. The van der Waals surface area contributed by atoms with E-state index in [9.17, 15) is 14.0 Å². The lowest BCUT2D eigenvalue weighted by Crippen LogP contribution is -2.52. The topological polar surface area (TPSA) is 34.1 Å². The quantitative estimate of drug-likeness (QED) is 0.672. The van der Waals surface area contributed by atoms with Crippen molar-refractivity contribution in [2.75, 3.05) is 0 Å². The van der Waals surface area contributed by atoms with Crippen LogP contribution in [0.3, 0.4) is 0 Å². The molecule has 0 radical (unpaired) electrons. The summed E-state index contributed by atoms with van der Waals surface area (Å²) in [7, 11) is 0. The van der Waals surface area contributed by atoms with Gasteiger partial charge in [0.1, 0.15) is 0 Å². The van der Waals surface area contributed by atoms with Crippen LogP contribution in [-0.2, 0) is 9.59 Å². The zero-order chi connectivity index (χ0) is 17.0. The van der Waals surface area contributed by atoms with Gasteiger partial charge >= 0.3 is 0 Å². The van der Waals surface area contributed by atoms with E-state index < -0.39 is 11.6 Å². The van der Waals surface area contributed by atoms with Gasteiger partial charge in [0, 0.05) is 11.3 Å². The normalized spacial score (nSPS) is 55.3. The molecule has 0 heterocycles. The van der Waals surface area contributed by atoms with Gasteiger partial charge in [-0.25, -0.2) is 4.39 Å². The smallest absolute Gasteiger partial charge is 0.173 e. The minimum Gasteiger partial charge on any atom is -0.296 e. The lowest BCUT2D eigenvalue weighted by Gasteiger charge is -2.57. The summed E-state index contributed by atoms with van der Waals surface area (Å²) in [4.78, 5) is 24.7. The molecule has 5 rings (SSSR count). The highest BCUT2D eigenvalue weighted by atomic mass is 19.1. The van der Waals surface area contributed by atoms with E-state index >= 15 is 0 Å². The number of ketones is 2. The zero-order valence-corrected chi connectivity index (χ0v) is 14.5. The standard InChI is InChI=1S/C21H25FO2/c1-10-6-11-13(4-5-20(2)15(11)8-17(22)19(20)24)21(3)14(10)9-18(23)12-7-16(12)21/h9,11-13,15-17H,1,4-8H2,2-3H3/t11-,12+,13+,15+,16?,17-,20+,21-/m1/s1. The summed E-state index contributed by atoms with van der Waals surface area (Å²) in [6, 6.07) is 0. The Morgan fingerprint density at radius 2 is 1.92 bits per heavy atom. The maximum Gasteiger partial charge on any atom is 0.173 e. The molecule has 0 N–H and O–H groups in total. The zero-order valence-electron chi connectivity index (χ0n) is 14.5. The van der Waals surface area contributed by atoms with Gasteiger partial charge in [-0.1, -0.05) is 26.0 Å². The fourth-order valence-corrected chi connectivity index (χ4v) is 7.19. The number of hydrogen-bond acceptors (Lipinski definition) is 2. The summed E-state index contributed by atoms with van der Waals surface area (Å²) in [5, 5.41) is 0. The van der Waals surface area contributed by atoms with Crippen LogP contribution in [0.5, 0.6) is 0 Å². The van der Waals surface area contributed by atoms with Crippen molar-refractivity contribution in [3.8, 4) is 0 Å². The van der Waals surface area contributed by atoms with Crippen molar-refractivity contribution < 1.29 is 14.0 Å². The molecule has 0 aromatic rings. The molecular formula is C21H25FO2. The molecule has 0 spiro atoms. The van der Waals surface area contributed by atoms with Gasteiger partial charge < -0.3 is 0 Å². The van der Waals surface area contributed by atoms with Crippen LogP contribution in [0.4, 0.5) is 4.39 Å². The molecule has 24 heavy (non-hydrogen) atoms. The molecule has 0 aliphatic heterocycles. The minimum absolute atomic E-state index is 0.0113. The van der Waals surface area contributed by atoms with Crippen LogP contribution in [0.2, 0.25) is 0 Å². The van der Waals surface area contributed by atoms with Crippen molar-refractivity contribution in [2.45, 2.75) is 52.1 Å². The molecule has 2 nitrogen and oxygen atoms in total. The van der Waals surface area contributed by atoms with Crippen LogP contribution in [0.1, 0.15) is 46.0 Å². The number of fused-ring (bicyclic) bond motifs is 7. The Morgan fingerprint density at radius 3 is 2.67 bits per heavy atom. The van der Waals surface area contributed by atoms with Crippen LogP contribution >= 0.6 is 0 Å². The molecule has 5 aliphatic carbocycles. The number of hydrogen-bond donors (Lipinski definition) is 0. The highest BCUT2D eigenvalue weighted by Crippen LogP contribution is 2.71. The first-order valence-electron chi connectivity index (χ1n) is 9.41. The van der Waals surface area contributed by atoms with Gasteiger partial charge in [0.15, 0.2) is 17.7 Å². The average Bonchev–Trinajstić information content (AvgIpc) is 3.30. The summed E-state index contributed by atoms with van der Waals surface area (Å²) in [6.07, 6.45) is 4.60. The Bertz CT molecular complexity index is 721. The lowest BCUT2D eigenvalue weighted by atomic mass is 9.46. The Labute approximate surface area is 142 Å². The Kier molecular flexibility index (Phi) is 2.69. The number of carbonyl (C=O) groups excluding carboxylic acids is 2. The van der Waals surface area contributed by atoms with E-state index in [0.717, 1.165) is 31.3 Å². The van der Waals surface area contributed by atoms with Crippen molar-refractivity contribution in [1.29, 1.82) is 0 Å². The second kappa shape index (κ2) is 4.28. The van der Waals surface area contributed by atoms with Gasteiger partial charge in [0.05, 0.1) is 0 Å². The highest BCUT2D eigenvalue weighted by Gasteiger charge is 2.67. The number of allylic oxidation sites excluding steroid dienone is 2. The van der Waals surface area contributed by atoms with Gasteiger partial charge in [-0.3, -0.25) is 9.59 Å². The second-order valence-corrected chi connectivity index (χ2v) is 9.40. The van der Waals surface area contributed by atoms with Crippen LogP contribution in [0.15, 0.2) is 23.8 Å². The highest BCUT2D eigenvalue weighted by molar-refractivity contribution is 5.97. The van der Waals surface area contributed by atoms with E-state index in [1.807, 2.05) is 13.0 Å². The van der Waals surface area contributed by atoms with Crippen molar-refractivity contribution in [3.05, 3.63) is 23.8 Å². The summed E-state index contributed by atoms with van der Waals surface area (Å²) in [6.45, 7) is 8.62. The number of carbonyl (C=O) groups is 2. The maximum atomic E-state index is 14.3. The first-order chi connectivity index (χ1) is 11.3. The fourth-order valence-electron chi connectivity index (χ4n) is 7.19. The number of Topliss-reactive ketones (excluding diaryl/α,β-unsaturated/α-hetero) is 1. The van der Waals surface area contributed by atoms with Crippen LogP contribution in [0, 0.1) is 40.4 Å². The maximum absolute atomic E-state index is 14.3. The summed E-state index contributed by atoms with van der Waals surface area (Å²) < 4.78 is 14.3. The van der Waals surface area contributed by atoms with Gasteiger partial charge in [-0.2, -0.15) is 0 Å². The first-order valence-corrected chi connectivity index (χ1v) is 9.41. The van der Waals surface area contributed by atoms with Crippen LogP contribution < -0.4 is 0 Å². The summed E-state index contributed by atoms with van der Waals surface area (Å²) >= 11 is 0. The molecule has 1 unspecified atom stereocenters. The molecule has 128 valence electrons. The van der Waals surface area contributed by atoms with Gasteiger partial charge in [0.2, 0.25) is 0 Å². The van der Waals surface area contributed by atoms with E-state index in [2.05, 4.69) is 13.5 Å². The first kappa shape index (κ1) is 15.0.